The van der Waals surface area contributed by atoms with Gasteiger partial charge in [-0.3, -0.25) is 4.79 Å². The Morgan fingerprint density at radius 1 is 1.11 bits per heavy atom. The van der Waals surface area contributed by atoms with Gasteiger partial charge in [-0.1, -0.05) is 29.8 Å². The lowest BCUT2D eigenvalue weighted by Gasteiger charge is -2.08. The molecule has 0 aliphatic heterocycles. The number of para-hydroxylation sites is 1. The molecule has 0 saturated carbocycles. The Balaban J connectivity index is 2.01. The van der Waals surface area contributed by atoms with Crippen LogP contribution in [0.15, 0.2) is 48.5 Å². The SMILES string of the molecule is Cc1ccccc1OCC(=O)c1ccc(Cl)cc1. The lowest BCUT2D eigenvalue weighted by atomic mass is 10.1. The number of aryl methyl sites for hydroxylation is 1. The van der Waals surface area contributed by atoms with Gasteiger partial charge in [-0.25, -0.2) is 0 Å². The quantitative estimate of drug-likeness (QED) is 0.779. The summed E-state index contributed by atoms with van der Waals surface area (Å²) < 4.78 is 5.50. The Hall–Kier alpha value is -1.80. The van der Waals surface area contributed by atoms with Crippen LogP contribution in [0, 0.1) is 6.92 Å². The van der Waals surface area contributed by atoms with E-state index in [-0.39, 0.29) is 12.4 Å². The van der Waals surface area contributed by atoms with Crippen molar-refractivity contribution < 1.29 is 9.53 Å². The van der Waals surface area contributed by atoms with Crippen LogP contribution in [0.2, 0.25) is 5.02 Å². The van der Waals surface area contributed by atoms with Crippen molar-refractivity contribution >= 4 is 17.4 Å². The lowest BCUT2D eigenvalue weighted by molar-refractivity contribution is 0.0921. The fraction of sp³-hybridized carbons (Fsp3) is 0.133. The van der Waals surface area contributed by atoms with Crippen LogP contribution in [-0.2, 0) is 0 Å². The van der Waals surface area contributed by atoms with Gasteiger partial charge in [0.2, 0.25) is 0 Å². The number of rotatable bonds is 4. The molecular formula is C15H13ClO2. The summed E-state index contributed by atoms with van der Waals surface area (Å²) in [7, 11) is 0. The third-order valence-corrected chi connectivity index (χ3v) is 2.87. The smallest absolute Gasteiger partial charge is 0.200 e. The van der Waals surface area contributed by atoms with Crippen LogP contribution >= 0.6 is 11.6 Å². The Morgan fingerprint density at radius 3 is 2.44 bits per heavy atom. The van der Waals surface area contributed by atoms with Gasteiger partial charge >= 0.3 is 0 Å². The zero-order chi connectivity index (χ0) is 13.0. The highest BCUT2D eigenvalue weighted by molar-refractivity contribution is 6.30. The average molecular weight is 261 g/mol. The summed E-state index contributed by atoms with van der Waals surface area (Å²) in [6.07, 6.45) is 0. The van der Waals surface area contributed by atoms with E-state index in [2.05, 4.69) is 0 Å². The molecule has 2 nitrogen and oxygen atoms in total. The predicted octanol–water partition coefficient (Wildman–Crippen LogP) is 3.91. The number of hydrogen-bond acceptors (Lipinski definition) is 2. The van der Waals surface area contributed by atoms with E-state index in [1.54, 1.807) is 24.3 Å². The van der Waals surface area contributed by atoms with E-state index in [1.807, 2.05) is 31.2 Å². The molecule has 0 radical (unpaired) electrons. The Bertz CT molecular complexity index is 547. The van der Waals surface area contributed by atoms with Crippen molar-refractivity contribution in [1.82, 2.24) is 0 Å². The topological polar surface area (TPSA) is 26.3 Å². The summed E-state index contributed by atoms with van der Waals surface area (Å²) in [5.41, 5.74) is 1.62. The standard InChI is InChI=1S/C15H13ClO2/c1-11-4-2-3-5-15(11)18-10-14(17)12-6-8-13(16)9-7-12/h2-9H,10H2,1H3. The largest absolute Gasteiger partial charge is 0.485 e. The van der Waals surface area contributed by atoms with Crippen LogP contribution in [0.5, 0.6) is 5.75 Å². The van der Waals surface area contributed by atoms with Gasteiger partial charge in [-0.2, -0.15) is 0 Å². The van der Waals surface area contributed by atoms with Crippen LogP contribution in [0.4, 0.5) is 0 Å². The van der Waals surface area contributed by atoms with Crippen molar-refractivity contribution in [3.63, 3.8) is 0 Å². The van der Waals surface area contributed by atoms with Crippen molar-refractivity contribution in [1.29, 1.82) is 0 Å². The monoisotopic (exact) mass is 260 g/mol. The first-order chi connectivity index (χ1) is 8.66. The first kappa shape index (κ1) is 12.7. The van der Waals surface area contributed by atoms with E-state index in [0.717, 1.165) is 11.3 Å². The minimum Gasteiger partial charge on any atom is -0.485 e. The Kier molecular flexibility index (Phi) is 4.00. The maximum Gasteiger partial charge on any atom is 0.200 e. The highest BCUT2D eigenvalue weighted by atomic mass is 35.5. The molecule has 0 spiro atoms. The summed E-state index contributed by atoms with van der Waals surface area (Å²) >= 11 is 5.77. The number of halogens is 1. The molecule has 0 aliphatic rings. The van der Waals surface area contributed by atoms with E-state index in [9.17, 15) is 4.79 Å². The van der Waals surface area contributed by atoms with Gasteiger partial charge in [0.15, 0.2) is 12.4 Å². The minimum absolute atomic E-state index is 0.0342. The number of carbonyl (C=O) groups excluding carboxylic acids is 1. The summed E-state index contributed by atoms with van der Waals surface area (Å²) in [5, 5.41) is 0.617. The van der Waals surface area contributed by atoms with E-state index in [0.29, 0.717) is 10.6 Å². The van der Waals surface area contributed by atoms with Gasteiger partial charge in [0.1, 0.15) is 5.75 Å². The molecule has 0 N–H and O–H groups in total. The van der Waals surface area contributed by atoms with Crippen LogP contribution in [0.1, 0.15) is 15.9 Å². The summed E-state index contributed by atoms with van der Waals surface area (Å²) in [6, 6.07) is 14.4. The molecular weight excluding hydrogens is 248 g/mol. The van der Waals surface area contributed by atoms with Gasteiger partial charge in [0.05, 0.1) is 0 Å². The molecule has 18 heavy (non-hydrogen) atoms. The van der Waals surface area contributed by atoms with Gasteiger partial charge in [-0.05, 0) is 42.8 Å². The molecule has 0 saturated heterocycles. The number of Topliss-reactive ketones (excluding diaryl/α,β-unsaturated/α-hetero) is 1. The number of ether oxygens (including phenoxy) is 1. The van der Waals surface area contributed by atoms with Gasteiger partial charge < -0.3 is 4.74 Å². The lowest BCUT2D eigenvalue weighted by Crippen LogP contribution is -2.11. The maximum atomic E-state index is 11.9. The molecule has 2 aromatic carbocycles. The summed E-state index contributed by atoms with van der Waals surface area (Å²) in [6.45, 7) is 1.98. The first-order valence-electron chi connectivity index (χ1n) is 5.64. The van der Waals surface area contributed by atoms with Crippen LogP contribution in [-0.4, -0.2) is 12.4 Å². The summed E-state index contributed by atoms with van der Waals surface area (Å²) in [5.74, 6) is 0.676. The highest BCUT2D eigenvalue weighted by Gasteiger charge is 2.07. The molecule has 2 aromatic rings. The number of carbonyl (C=O) groups is 1. The molecule has 0 fully saturated rings. The van der Waals surface area contributed by atoms with E-state index >= 15 is 0 Å². The van der Waals surface area contributed by atoms with E-state index < -0.39 is 0 Å². The highest BCUT2D eigenvalue weighted by Crippen LogP contribution is 2.17. The van der Waals surface area contributed by atoms with Crippen molar-refractivity contribution in [3.05, 3.63) is 64.7 Å². The first-order valence-corrected chi connectivity index (χ1v) is 6.02. The van der Waals surface area contributed by atoms with Crippen LogP contribution in [0.25, 0.3) is 0 Å². The van der Waals surface area contributed by atoms with Gasteiger partial charge in [-0.15, -0.1) is 0 Å². The third-order valence-electron chi connectivity index (χ3n) is 2.62. The molecule has 0 atom stereocenters. The number of ketones is 1. The third kappa shape index (κ3) is 3.11. The molecule has 0 amide bonds. The maximum absolute atomic E-state index is 11.9. The second-order valence-corrected chi connectivity index (χ2v) is 4.42. The average Bonchev–Trinajstić information content (AvgIpc) is 2.38. The summed E-state index contributed by atoms with van der Waals surface area (Å²) in [4.78, 5) is 11.9. The molecule has 0 aliphatic carbocycles. The Labute approximate surface area is 111 Å². The normalized spacial score (nSPS) is 10.1. The van der Waals surface area contributed by atoms with Crippen molar-refractivity contribution in [3.8, 4) is 5.75 Å². The fourth-order valence-corrected chi connectivity index (χ4v) is 1.71. The molecule has 0 bridgehead atoms. The van der Waals surface area contributed by atoms with Gasteiger partial charge in [0, 0.05) is 10.6 Å². The predicted molar refractivity (Wildman–Crippen MR) is 72.5 cm³/mol. The van der Waals surface area contributed by atoms with Crippen molar-refractivity contribution in [2.24, 2.45) is 0 Å². The molecule has 0 unspecified atom stereocenters. The second-order valence-electron chi connectivity index (χ2n) is 3.98. The van der Waals surface area contributed by atoms with Gasteiger partial charge in [0.25, 0.3) is 0 Å². The van der Waals surface area contributed by atoms with Crippen LogP contribution in [0.3, 0.4) is 0 Å². The zero-order valence-electron chi connectivity index (χ0n) is 10.0. The molecule has 2 rings (SSSR count). The molecule has 0 heterocycles. The second kappa shape index (κ2) is 5.69. The zero-order valence-corrected chi connectivity index (χ0v) is 10.8. The molecule has 92 valence electrons. The van der Waals surface area contributed by atoms with Crippen molar-refractivity contribution in [2.45, 2.75) is 6.92 Å². The minimum atomic E-state index is -0.0603. The van der Waals surface area contributed by atoms with E-state index in [1.165, 1.54) is 0 Å². The molecule has 0 aromatic heterocycles. The number of benzene rings is 2. The van der Waals surface area contributed by atoms with Crippen molar-refractivity contribution in [2.75, 3.05) is 6.61 Å². The van der Waals surface area contributed by atoms with E-state index in [4.69, 9.17) is 16.3 Å². The van der Waals surface area contributed by atoms with Crippen LogP contribution < -0.4 is 4.74 Å². The fourth-order valence-electron chi connectivity index (χ4n) is 1.58. The Morgan fingerprint density at radius 2 is 1.78 bits per heavy atom. The number of hydrogen-bond donors (Lipinski definition) is 0. The molecule has 3 heteroatoms.